The van der Waals surface area contributed by atoms with Crippen LogP contribution < -0.4 is 5.32 Å². The molecule has 7 nitrogen and oxygen atoms in total. The molecule has 1 amide bonds. The van der Waals surface area contributed by atoms with E-state index >= 15 is 0 Å². The van der Waals surface area contributed by atoms with Crippen molar-refractivity contribution in [1.29, 1.82) is 0 Å². The van der Waals surface area contributed by atoms with Crippen LogP contribution in [0.1, 0.15) is 61.5 Å². The van der Waals surface area contributed by atoms with E-state index in [0.29, 0.717) is 35.7 Å². The number of thioether (sulfide) groups is 1. The third kappa shape index (κ3) is 6.54. The molecule has 1 aliphatic heterocycles. The number of nitrogens with zero attached hydrogens (tertiary/aromatic N) is 5. The first kappa shape index (κ1) is 25.9. The molecule has 2 aromatic heterocycles. The highest BCUT2D eigenvalue weighted by atomic mass is 35.5. The lowest BCUT2D eigenvalue weighted by Gasteiger charge is -2.35. The van der Waals surface area contributed by atoms with E-state index in [-0.39, 0.29) is 5.91 Å². The molecule has 1 fully saturated rings. The van der Waals surface area contributed by atoms with E-state index in [4.69, 9.17) is 11.6 Å². The summed E-state index contributed by atoms with van der Waals surface area (Å²) in [6.07, 6.45) is 6.82. The summed E-state index contributed by atoms with van der Waals surface area (Å²) in [5.41, 5.74) is 4.04. The zero-order valence-electron chi connectivity index (χ0n) is 20.9. The van der Waals surface area contributed by atoms with Gasteiger partial charge in [-0.25, -0.2) is 9.50 Å². The molecule has 3 aromatic rings. The lowest BCUT2D eigenvalue weighted by atomic mass is 10.00. The summed E-state index contributed by atoms with van der Waals surface area (Å²) in [7, 11) is 0. The van der Waals surface area contributed by atoms with Crippen molar-refractivity contribution in [2.45, 2.75) is 70.5 Å². The summed E-state index contributed by atoms with van der Waals surface area (Å²) < 4.78 is 1.77. The van der Waals surface area contributed by atoms with E-state index in [1.807, 2.05) is 38.1 Å². The van der Waals surface area contributed by atoms with Crippen molar-refractivity contribution in [3.05, 3.63) is 51.8 Å². The van der Waals surface area contributed by atoms with Gasteiger partial charge in [-0.15, -0.1) is 5.10 Å². The summed E-state index contributed by atoms with van der Waals surface area (Å²) in [5, 5.41) is 8.96. The second kappa shape index (κ2) is 12.2. The number of hydrogen-bond acceptors (Lipinski definition) is 6. The smallest absolute Gasteiger partial charge is 0.253 e. The summed E-state index contributed by atoms with van der Waals surface area (Å²) in [6.45, 7) is 9.23. The van der Waals surface area contributed by atoms with Crippen LogP contribution in [0, 0.1) is 13.8 Å². The minimum absolute atomic E-state index is 0.0137. The molecule has 1 aromatic carbocycles. The minimum Gasteiger partial charge on any atom is -0.355 e. The Morgan fingerprint density at radius 2 is 2.06 bits per heavy atom. The van der Waals surface area contributed by atoms with Crippen molar-refractivity contribution in [2.24, 2.45) is 0 Å². The predicted molar refractivity (Wildman–Crippen MR) is 142 cm³/mol. The highest BCUT2D eigenvalue weighted by Crippen LogP contribution is 2.24. The molecule has 4 rings (SSSR count). The molecule has 1 aliphatic rings. The average molecular weight is 515 g/mol. The number of amides is 1. The van der Waals surface area contributed by atoms with Gasteiger partial charge in [-0.05, 0) is 63.3 Å². The molecule has 0 unspecified atom stereocenters. The van der Waals surface area contributed by atoms with Gasteiger partial charge in [-0.1, -0.05) is 54.9 Å². The van der Waals surface area contributed by atoms with Crippen molar-refractivity contribution >= 4 is 35.0 Å². The van der Waals surface area contributed by atoms with Crippen LogP contribution in [-0.4, -0.2) is 61.8 Å². The van der Waals surface area contributed by atoms with Crippen LogP contribution in [0.3, 0.4) is 0 Å². The summed E-state index contributed by atoms with van der Waals surface area (Å²) in [4.78, 5) is 24.2. The number of aryl methyl sites for hydroxylation is 2. The van der Waals surface area contributed by atoms with E-state index in [9.17, 15) is 4.79 Å². The van der Waals surface area contributed by atoms with Crippen molar-refractivity contribution in [1.82, 2.24) is 29.8 Å². The van der Waals surface area contributed by atoms with Gasteiger partial charge < -0.3 is 10.2 Å². The van der Waals surface area contributed by atoms with Crippen LogP contribution in [-0.2, 0) is 11.2 Å². The topological polar surface area (TPSA) is 75.4 Å². The number of aromatic nitrogens is 4. The van der Waals surface area contributed by atoms with Crippen LogP contribution in [0.15, 0.2) is 29.4 Å². The highest BCUT2D eigenvalue weighted by molar-refractivity contribution is 7.99. The third-order valence-electron chi connectivity index (χ3n) is 6.85. The van der Waals surface area contributed by atoms with E-state index in [2.05, 4.69) is 32.2 Å². The van der Waals surface area contributed by atoms with Crippen LogP contribution >= 0.6 is 23.4 Å². The molecule has 0 radical (unpaired) electrons. The number of nitrogens with one attached hydrogen (secondary N) is 1. The molecule has 1 atom stereocenters. The van der Waals surface area contributed by atoms with Crippen molar-refractivity contribution in [3.8, 4) is 0 Å². The maximum absolute atomic E-state index is 12.4. The van der Waals surface area contributed by atoms with E-state index < -0.39 is 0 Å². The number of benzene rings is 1. The third-order valence-corrected chi connectivity index (χ3v) is 8.06. The monoisotopic (exact) mass is 514 g/mol. The fourth-order valence-electron chi connectivity index (χ4n) is 4.85. The van der Waals surface area contributed by atoms with Gasteiger partial charge >= 0.3 is 0 Å². The molecule has 9 heteroatoms. The maximum atomic E-state index is 12.4. The van der Waals surface area contributed by atoms with Gasteiger partial charge in [-0.3, -0.25) is 4.79 Å². The number of likely N-dealkylation sites (tertiary alicyclic amines) is 1. The predicted octanol–water partition coefficient (Wildman–Crippen LogP) is 4.85. The fourth-order valence-corrected chi connectivity index (χ4v) is 5.70. The van der Waals surface area contributed by atoms with Crippen LogP contribution in [0.25, 0.3) is 5.78 Å². The van der Waals surface area contributed by atoms with Gasteiger partial charge in [0.25, 0.3) is 5.78 Å². The summed E-state index contributed by atoms with van der Waals surface area (Å²) >= 11 is 7.72. The lowest BCUT2D eigenvalue weighted by molar-refractivity contribution is -0.118. The first-order chi connectivity index (χ1) is 17.0. The fraction of sp³-hybridized carbons (Fsp3) is 0.538. The van der Waals surface area contributed by atoms with E-state index in [1.165, 1.54) is 44.0 Å². The molecular weight excluding hydrogens is 480 g/mol. The summed E-state index contributed by atoms with van der Waals surface area (Å²) in [6, 6.07) is 8.56. The highest BCUT2D eigenvalue weighted by Gasteiger charge is 2.20. The Bertz CT molecular complexity index is 1170. The Morgan fingerprint density at radius 3 is 2.86 bits per heavy atom. The Kier molecular flexibility index (Phi) is 9.03. The zero-order valence-corrected chi connectivity index (χ0v) is 22.5. The number of rotatable bonds is 10. The molecule has 0 aliphatic carbocycles. The molecule has 0 spiro atoms. The molecule has 1 saturated heterocycles. The van der Waals surface area contributed by atoms with Crippen LogP contribution in [0.4, 0.5) is 0 Å². The maximum Gasteiger partial charge on any atom is 0.253 e. The molecule has 1 N–H and O–H groups in total. The van der Waals surface area contributed by atoms with Crippen molar-refractivity contribution in [3.63, 3.8) is 0 Å². The van der Waals surface area contributed by atoms with E-state index in [1.54, 1.807) is 4.52 Å². The normalized spacial score (nSPS) is 16.6. The SMILES string of the molecule is CC[C@H]1CCCCN1CCCNC(=O)CSc1nc2nc(C)c(Cc3ccccc3Cl)c(C)n2n1. The number of piperidine rings is 1. The van der Waals surface area contributed by atoms with Gasteiger partial charge in [-0.2, -0.15) is 4.98 Å². The average Bonchev–Trinajstić information content (AvgIpc) is 3.27. The summed E-state index contributed by atoms with van der Waals surface area (Å²) in [5.74, 6) is 0.862. The second-order valence-electron chi connectivity index (χ2n) is 9.22. The first-order valence-corrected chi connectivity index (χ1v) is 13.9. The van der Waals surface area contributed by atoms with Gasteiger partial charge in [0, 0.05) is 42.0 Å². The van der Waals surface area contributed by atoms with Crippen LogP contribution in [0.2, 0.25) is 5.02 Å². The van der Waals surface area contributed by atoms with Gasteiger partial charge in [0.05, 0.1) is 5.75 Å². The Balaban J connectivity index is 1.30. The number of hydrogen-bond donors (Lipinski definition) is 1. The Hall–Kier alpha value is -2.16. The number of carbonyl (C=O) groups is 1. The molecule has 3 heterocycles. The minimum atomic E-state index is 0.0137. The Labute approximate surface area is 217 Å². The molecule has 0 saturated carbocycles. The Morgan fingerprint density at radius 1 is 1.23 bits per heavy atom. The number of halogens is 1. The quantitative estimate of drug-likeness (QED) is 0.308. The number of fused-ring (bicyclic) bond motifs is 1. The van der Waals surface area contributed by atoms with Crippen molar-refractivity contribution in [2.75, 3.05) is 25.4 Å². The zero-order chi connectivity index (χ0) is 24.8. The second-order valence-corrected chi connectivity index (χ2v) is 10.6. The molecular formula is C26H35ClN6OS. The lowest BCUT2D eigenvalue weighted by Crippen LogP contribution is -2.40. The standard InChI is InChI=1S/C26H35ClN6OS/c1-4-21-11-7-8-14-32(21)15-9-13-28-24(34)17-35-26-30-25-29-18(2)22(19(3)33(25)31-26)16-20-10-5-6-12-23(20)27/h5-6,10,12,21H,4,7-9,11,13-17H2,1-3H3,(H,28,34)/t21-/m0/s1. The van der Waals surface area contributed by atoms with E-state index in [0.717, 1.165) is 40.5 Å². The molecule has 188 valence electrons. The first-order valence-electron chi connectivity index (χ1n) is 12.6. The van der Waals surface area contributed by atoms with Crippen molar-refractivity contribution < 1.29 is 4.79 Å². The van der Waals surface area contributed by atoms with Gasteiger partial charge in [0.2, 0.25) is 11.1 Å². The largest absolute Gasteiger partial charge is 0.355 e. The van der Waals surface area contributed by atoms with Crippen LogP contribution in [0.5, 0.6) is 0 Å². The number of carbonyl (C=O) groups excluding carboxylic acids is 1. The van der Waals surface area contributed by atoms with Gasteiger partial charge in [0.1, 0.15) is 0 Å². The molecule has 0 bridgehead atoms. The molecule has 35 heavy (non-hydrogen) atoms. The van der Waals surface area contributed by atoms with Gasteiger partial charge in [0.15, 0.2) is 0 Å².